The fourth-order valence-corrected chi connectivity index (χ4v) is 3.08. The topological polar surface area (TPSA) is 65.9 Å². The van der Waals surface area contributed by atoms with Crippen LogP contribution in [0, 0.1) is 0 Å². The summed E-state index contributed by atoms with van der Waals surface area (Å²) >= 11 is 7.25. The molecule has 120 valence electrons. The number of aliphatic hydroxyl groups is 1. The zero-order valence-electron chi connectivity index (χ0n) is 11.8. The third-order valence-corrected chi connectivity index (χ3v) is 4.50. The molecule has 1 saturated heterocycles. The number of nitrogens with one attached hydrogen (secondary N) is 2. The average Bonchev–Trinajstić information content (AvgIpc) is 2.91. The Morgan fingerprint density at radius 1 is 1.52 bits per heavy atom. The van der Waals surface area contributed by atoms with Crippen LogP contribution in [-0.2, 0) is 4.74 Å². The van der Waals surface area contributed by atoms with Gasteiger partial charge >= 0.3 is 0 Å². The van der Waals surface area contributed by atoms with E-state index in [1.165, 1.54) is 11.3 Å². The summed E-state index contributed by atoms with van der Waals surface area (Å²) < 4.78 is 6.01. The lowest BCUT2D eigenvalue weighted by atomic mass is 10.1. The maximum Gasteiger partial charge on any atom is 0.191 e. The highest BCUT2D eigenvalue weighted by atomic mass is 127. The van der Waals surface area contributed by atoms with Crippen molar-refractivity contribution in [2.45, 2.75) is 25.0 Å². The third-order valence-electron chi connectivity index (χ3n) is 3.17. The molecule has 0 aromatic carbocycles. The van der Waals surface area contributed by atoms with Gasteiger partial charge in [-0.15, -0.1) is 35.3 Å². The van der Waals surface area contributed by atoms with Crippen LogP contribution in [0.1, 0.15) is 23.8 Å². The van der Waals surface area contributed by atoms with Gasteiger partial charge in [0.15, 0.2) is 5.96 Å². The molecule has 1 unspecified atom stereocenters. The summed E-state index contributed by atoms with van der Waals surface area (Å²) in [6, 6.07) is 4.01. The van der Waals surface area contributed by atoms with Crippen LogP contribution < -0.4 is 10.6 Å². The van der Waals surface area contributed by atoms with Crippen molar-refractivity contribution >= 4 is 52.9 Å². The Kier molecular flexibility index (Phi) is 8.88. The largest absolute Gasteiger partial charge is 0.386 e. The number of nitrogens with zero attached hydrogens (tertiary/aromatic N) is 1. The van der Waals surface area contributed by atoms with Crippen LogP contribution in [0.5, 0.6) is 0 Å². The van der Waals surface area contributed by atoms with Crippen LogP contribution in [-0.4, -0.2) is 43.9 Å². The molecule has 8 heteroatoms. The van der Waals surface area contributed by atoms with Gasteiger partial charge in [-0.2, -0.15) is 0 Å². The lowest BCUT2D eigenvalue weighted by molar-refractivity contribution is 0.0821. The van der Waals surface area contributed by atoms with Crippen LogP contribution >= 0.6 is 46.9 Å². The van der Waals surface area contributed by atoms with Crippen molar-refractivity contribution in [1.29, 1.82) is 0 Å². The lowest BCUT2D eigenvalue weighted by Crippen LogP contribution is -2.46. The van der Waals surface area contributed by atoms with Crippen molar-refractivity contribution in [2.75, 3.05) is 26.8 Å². The van der Waals surface area contributed by atoms with E-state index in [9.17, 15) is 5.11 Å². The minimum absolute atomic E-state index is 0. The number of thiophene rings is 1. The predicted molar refractivity (Wildman–Crippen MR) is 98.0 cm³/mol. The van der Waals surface area contributed by atoms with Crippen molar-refractivity contribution < 1.29 is 9.84 Å². The maximum atomic E-state index is 10.1. The standard InChI is InChI=1S/C13H20ClN3O2S.HI/c1-15-13(17-9-4-6-19-7-5-9)16-8-10(18)11-2-3-12(14)20-11;/h2-3,9-10,18H,4-8H2,1H3,(H2,15,16,17);1H. The molecule has 0 spiro atoms. The Bertz CT molecular complexity index is 452. The van der Waals surface area contributed by atoms with Gasteiger partial charge in [0.2, 0.25) is 0 Å². The zero-order chi connectivity index (χ0) is 14.4. The normalized spacial score (nSPS) is 18.0. The van der Waals surface area contributed by atoms with E-state index in [1.54, 1.807) is 13.1 Å². The van der Waals surface area contributed by atoms with Crippen LogP contribution in [0.15, 0.2) is 17.1 Å². The number of aliphatic imine (C=N–C) groups is 1. The van der Waals surface area contributed by atoms with Crippen molar-refractivity contribution in [3.63, 3.8) is 0 Å². The van der Waals surface area contributed by atoms with Gasteiger partial charge in [-0.05, 0) is 25.0 Å². The number of hydrogen-bond donors (Lipinski definition) is 3. The van der Waals surface area contributed by atoms with E-state index < -0.39 is 6.10 Å². The van der Waals surface area contributed by atoms with Crippen molar-refractivity contribution in [3.8, 4) is 0 Å². The van der Waals surface area contributed by atoms with Gasteiger partial charge in [0, 0.05) is 37.7 Å². The molecule has 1 aliphatic rings. The van der Waals surface area contributed by atoms with E-state index in [2.05, 4.69) is 15.6 Å². The minimum atomic E-state index is -0.583. The van der Waals surface area contributed by atoms with E-state index in [0.717, 1.165) is 30.9 Å². The zero-order valence-corrected chi connectivity index (χ0v) is 15.7. The van der Waals surface area contributed by atoms with Gasteiger partial charge in [-0.3, -0.25) is 4.99 Å². The average molecular weight is 446 g/mol. The molecular formula is C13H21ClIN3O2S. The molecule has 0 bridgehead atoms. The molecule has 2 heterocycles. The first kappa shape index (κ1) is 19.0. The molecule has 0 radical (unpaired) electrons. The van der Waals surface area contributed by atoms with Crippen molar-refractivity contribution in [3.05, 3.63) is 21.3 Å². The summed E-state index contributed by atoms with van der Waals surface area (Å²) in [6.07, 6.45) is 1.37. The SMILES string of the molecule is CN=C(NCC(O)c1ccc(Cl)s1)NC1CCOCC1.I. The number of guanidine groups is 1. The van der Waals surface area contributed by atoms with E-state index in [0.29, 0.717) is 22.9 Å². The number of rotatable bonds is 4. The highest BCUT2D eigenvalue weighted by molar-refractivity contribution is 14.0. The molecule has 0 amide bonds. The Hall–Kier alpha value is -0.0900. The van der Waals surface area contributed by atoms with E-state index in [-0.39, 0.29) is 24.0 Å². The van der Waals surface area contributed by atoms with Crippen molar-refractivity contribution in [1.82, 2.24) is 10.6 Å². The van der Waals surface area contributed by atoms with Gasteiger partial charge in [-0.25, -0.2) is 0 Å². The summed E-state index contributed by atoms with van der Waals surface area (Å²) in [7, 11) is 1.73. The second kappa shape index (κ2) is 9.83. The molecule has 1 aliphatic heterocycles. The molecule has 3 N–H and O–H groups in total. The predicted octanol–water partition coefficient (Wildman–Crippen LogP) is 2.40. The van der Waals surface area contributed by atoms with Gasteiger partial charge in [-0.1, -0.05) is 11.6 Å². The van der Waals surface area contributed by atoms with Crippen LogP contribution in [0.3, 0.4) is 0 Å². The number of aliphatic hydroxyl groups excluding tert-OH is 1. The number of halogens is 2. The maximum absolute atomic E-state index is 10.1. The summed E-state index contributed by atoms with van der Waals surface area (Å²) in [6.45, 7) is 1.97. The van der Waals surface area contributed by atoms with Crippen LogP contribution in [0.4, 0.5) is 0 Å². The van der Waals surface area contributed by atoms with Gasteiger partial charge in [0.1, 0.15) is 6.10 Å². The first-order valence-electron chi connectivity index (χ1n) is 6.67. The Labute approximate surface area is 151 Å². The van der Waals surface area contributed by atoms with Crippen LogP contribution in [0.2, 0.25) is 4.34 Å². The quantitative estimate of drug-likeness (QED) is 0.378. The second-order valence-corrected chi connectivity index (χ2v) is 6.39. The minimum Gasteiger partial charge on any atom is -0.386 e. The number of ether oxygens (including phenoxy) is 1. The molecule has 2 rings (SSSR count). The first-order chi connectivity index (χ1) is 9.69. The molecular weight excluding hydrogens is 425 g/mol. The van der Waals surface area contributed by atoms with Crippen molar-refractivity contribution in [2.24, 2.45) is 4.99 Å². The monoisotopic (exact) mass is 445 g/mol. The second-order valence-electron chi connectivity index (χ2n) is 4.64. The summed E-state index contributed by atoms with van der Waals surface area (Å²) in [4.78, 5) is 5.02. The first-order valence-corrected chi connectivity index (χ1v) is 7.86. The van der Waals surface area contributed by atoms with Gasteiger partial charge < -0.3 is 20.5 Å². The molecule has 0 aliphatic carbocycles. The highest BCUT2D eigenvalue weighted by Crippen LogP contribution is 2.26. The smallest absolute Gasteiger partial charge is 0.191 e. The van der Waals surface area contributed by atoms with E-state index >= 15 is 0 Å². The molecule has 21 heavy (non-hydrogen) atoms. The number of hydrogen-bond acceptors (Lipinski definition) is 4. The fourth-order valence-electron chi connectivity index (χ4n) is 2.03. The summed E-state index contributed by atoms with van der Waals surface area (Å²) in [5.74, 6) is 0.707. The fraction of sp³-hybridized carbons (Fsp3) is 0.615. The molecule has 5 nitrogen and oxygen atoms in total. The van der Waals surface area contributed by atoms with Crippen LogP contribution in [0.25, 0.3) is 0 Å². The third kappa shape index (κ3) is 6.27. The Morgan fingerprint density at radius 3 is 2.81 bits per heavy atom. The molecule has 1 aromatic rings. The molecule has 1 aromatic heterocycles. The van der Waals surface area contributed by atoms with Gasteiger partial charge in [0.25, 0.3) is 0 Å². The van der Waals surface area contributed by atoms with E-state index in [1.807, 2.05) is 6.07 Å². The van der Waals surface area contributed by atoms with Gasteiger partial charge in [0.05, 0.1) is 4.34 Å². The summed E-state index contributed by atoms with van der Waals surface area (Å²) in [5.41, 5.74) is 0. The Morgan fingerprint density at radius 2 is 2.24 bits per heavy atom. The Balaban J connectivity index is 0.00000220. The summed E-state index contributed by atoms with van der Waals surface area (Å²) in [5, 5.41) is 16.5. The highest BCUT2D eigenvalue weighted by Gasteiger charge is 2.16. The van der Waals surface area contributed by atoms with E-state index in [4.69, 9.17) is 16.3 Å². The molecule has 1 fully saturated rings. The molecule has 0 saturated carbocycles. The lowest BCUT2D eigenvalue weighted by Gasteiger charge is -2.25. The molecule has 1 atom stereocenters.